The van der Waals surface area contributed by atoms with Crippen molar-refractivity contribution in [2.45, 2.75) is 83.2 Å². The highest BCUT2D eigenvalue weighted by Crippen LogP contribution is 2.42. The quantitative estimate of drug-likeness (QED) is 0.0705. The molecule has 3 aromatic carbocycles. The van der Waals surface area contributed by atoms with Crippen LogP contribution >= 0.6 is 0 Å². The lowest BCUT2D eigenvalue weighted by Gasteiger charge is -2.37. The lowest BCUT2D eigenvalue weighted by atomic mass is 9.87. The number of amides is 1. The highest BCUT2D eigenvalue weighted by molar-refractivity contribution is 5.86. The second-order valence-electron chi connectivity index (χ2n) is 18.5. The van der Waals surface area contributed by atoms with Crippen molar-refractivity contribution in [1.82, 2.24) is 29.1 Å². The monoisotopic (exact) mass is 1020 g/mol. The fourth-order valence-electron chi connectivity index (χ4n) is 9.24. The number of carbonyl (C=O) groups is 3. The topological polar surface area (TPSA) is 239 Å². The number of carboxylic acid groups (broad SMARTS) is 1. The third-order valence-corrected chi connectivity index (χ3v) is 13.3. The van der Waals surface area contributed by atoms with Gasteiger partial charge in [-0.05, 0) is 80.4 Å². The SMILES string of the molecule is CC[C@@H]([C@H](C)O)n1ncn(-c2ccc(N3CCN(c4ccc(OC[C@@H]5CO[C@@](Cn6c[n+](C(C)OC(=O)N(C)c7ncccc7COC(=O)C[C@H](N)C(=O)O)cn6)(c6ccc(F)cc6F)C5)cc4)CC3)cc2)c1=O. The molecule has 8 rings (SSSR count). The number of anilines is 3. The zero-order valence-corrected chi connectivity index (χ0v) is 41.4. The van der Waals surface area contributed by atoms with E-state index < -0.39 is 66.1 Å². The van der Waals surface area contributed by atoms with Gasteiger partial charge in [0, 0.05) is 85.9 Å². The predicted molar refractivity (Wildman–Crippen MR) is 264 cm³/mol. The van der Waals surface area contributed by atoms with Crippen LogP contribution in [0.3, 0.4) is 0 Å². The summed E-state index contributed by atoms with van der Waals surface area (Å²) in [5.74, 6) is -3.07. The van der Waals surface area contributed by atoms with Crippen LogP contribution in [0.2, 0.25) is 0 Å². The van der Waals surface area contributed by atoms with Crippen LogP contribution in [-0.2, 0) is 42.6 Å². The lowest BCUT2D eigenvalue weighted by molar-refractivity contribution is -0.753. The molecule has 4 N–H and O–H groups in total. The normalized spacial score (nSPS) is 18.4. The maximum Gasteiger partial charge on any atom is 0.418 e. The van der Waals surface area contributed by atoms with Crippen LogP contribution in [0.1, 0.15) is 63.4 Å². The Balaban J connectivity index is 0.844. The maximum absolute atomic E-state index is 15.6. The molecule has 1 amide bonds. The van der Waals surface area contributed by atoms with Gasteiger partial charge >= 0.3 is 23.7 Å². The van der Waals surface area contributed by atoms with Gasteiger partial charge in [-0.15, -0.1) is 4.68 Å². The van der Waals surface area contributed by atoms with Crippen LogP contribution in [0, 0.1) is 17.6 Å². The van der Waals surface area contributed by atoms with E-state index in [1.165, 1.54) is 56.5 Å². The van der Waals surface area contributed by atoms with Crippen LogP contribution in [0.15, 0.2) is 109 Å². The zero-order chi connectivity index (χ0) is 52.7. The van der Waals surface area contributed by atoms with Gasteiger partial charge in [0.25, 0.3) is 6.33 Å². The standard InChI is InChI=1S/C51H59F2N11O10/c1-5-45(33(2)65)64-49(69)63(31-57-64)40-11-9-38(10-12-40)59-19-21-60(22-20-59)39-13-15-41(16-14-39)71-26-35-25-51(73-27-35,42-17-8-37(52)23-43(42)53)29-62-32-61(30-56-62)34(3)74-50(70)58(4)47-36(7-6-18-55-47)28-72-46(66)24-44(54)48(67)68/h6-18,23,30-35,44-45,65H,5,19-22,24-29,54H2,1-4H3/p+1/t33-,34?,35+,44-,45-,51-/m0/s1. The summed E-state index contributed by atoms with van der Waals surface area (Å²) in [6, 6.07) is 20.4. The Bertz CT molecular complexity index is 2960. The average molecular weight is 1030 g/mol. The van der Waals surface area contributed by atoms with Gasteiger partial charge in [0.1, 0.15) is 54.3 Å². The summed E-state index contributed by atoms with van der Waals surface area (Å²) in [5.41, 5.74) is 7.17. The number of aliphatic carboxylic acids is 1. The van der Waals surface area contributed by atoms with Crippen LogP contribution in [0.4, 0.5) is 30.8 Å². The summed E-state index contributed by atoms with van der Waals surface area (Å²) in [5, 5.41) is 27.8. The first-order chi connectivity index (χ1) is 35.5. The third-order valence-electron chi connectivity index (χ3n) is 13.3. The number of piperazine rings is 1. The molecule has 23 heteroatoms. The number of hydrogen-bond acceptors (Lipinski definition) is 15. The molecular formula is C51H60F2N11O10+. The number of aliphatic hydroxyl groups is 1. The Morgan fingerprint density at radius 1 is 0.973 bits per heavy atom. The van der Waals surface area contributed by atoms with E-state index in [9.17, 15) is 28.7 Å². The Hall–Kier alpha value is -7.76. The van der Waals surface area contributed by atoms with Crippen molar-refractivity contribution in [3.8, 4) is 11.4 Å². The molecule has 2 aliphatic heterocycles. The zero-order valence-electron chi connectivity index (χ0n) is 41.4. The van der Waals surface area contributed by atoms with Gasteiger partial charge in [-0.3, -0.25) is 14.5 Å². The number of pyridine rings is 1. The van der Waals surface area contributed by atoms with Crippen molar-refractivity contribution in [1.29, 1.82) is 0 Å². The first-order valence-electron chi connectivity index (χ1n) is 24.2. The molecule has 2 fully saturated rings. The van der Waals surface area contributed by atoms with Gasteiger partial charge in [0.2, 0.25) is 12.6 Å². The van der Waals surface area contributed by atoms with Crippen LogP contribution in [0.25, 0.3) is 5.69 Å². The molecule has 0 saturated carbocycles. The number of carboxylic acids is 1. The molecule has 74 heavy (non-hydrogen) atoms. The summed E-state index contributed by atoms with van der Waals surface area (Å²) in [7, 11) is 1.42. The Morgan fingerprint density at radius 3 is 2.30 bits per heavy atom. The fraction of sp³-hybridized carbons (Fsp3) is 0.412. The second-order valence-corrected chi connectivity index (χ2v) is 18.5. The molecule has 392 valence electrons. The number of ether oxygens (including phenoxy) is 4. The van der Waals surface area contributed by atoms with Crippen LogP contribution < -0.4 is 35.4 Å². The largest absolute Gasteiger partial charge is 0.493 e. The number of halogens is 2. The summed E-state index contributed by atoms with van der Waals surface area (Å²) in [6.45, 7) is 8.53. The number of nitrogens with two attached hydrogens (primary N) is 1. The molecule has 6 atom stereocenters. The van der Waals surface area contributed by atoms with E-state index in [-0.39, 0.29) is 49.4 Å². The smallest absolute Gasteiger partial charge is 0.418 e. The fourth-order valence-corrected chi connectivity index (χ4v) is 9.24. The van der Waals surface area contributed by atoms with Crippen molar-refractivity contribution in [2.24, 2.45) is 11.7 Å². The van der Waals surface area contributed by atoms with Crippen molar-refractivity contribution >= 4 is 35.2 Å². The summed E-state index contributed by atoms with van der Waals surface area (Å²) in [4.78, 5) is 59.6. The lowest BCUT2D eigenvalue weighted by Crippen LogP contribution is -2.46. The predicted octanol–water partition coefficient (Wildman–Crippen LogP) is 4.50. The Kier molecular flexibility index (Phi) is 16.3. The maximum atomic E-state index is 15.6. The van der Waals surface area contributed by atoms with E-state index in [1.54, 1.807) is 32.3 Å². The number of hydrogen-bond donors (Lipinski definition) is 3. The van der Waals surface area contributed by atoms with E-state index >= 15 is 4.39 Å². The number of esters is 1. The van der Waals surface area contributed by atoms with Crippen molar-refractivity contribution in [3.63, 3.8) is 0 Å². The average Bonchev–Trinajstić information content (AvgIpc) is 4.14. The highest BCUT2D eigenvalue weighted by Gasteiger charge is 2.46. The summed E-state index contributed by atoms with van der Waals surface area (Å²) < 4.78 is 59.3. The minimum absolute atomic E-state index is 0.0269. The molecule has 1 unspecified atom stereocenters. The molecule has 0 spiro atoms. The Labute approximate surface area is 424 Å². The number of carbonyl (C=O) groups excluding carboxylic acids is 2. The van der Waals surface area contributed by atoms with E-state index in [0.29, 0.717) is 29.8 Å². The van der Waals surface area contributed by atoms with Crippen molar-refractivity contribution in [3.05, 3.63) is 137 Å². The Morgan fingerprint density at radius 2 is 1.65 bits per heavy atom. The van der Waals surface area contributed by atoms with Gasteiger partial charge in [0.15, 0.2) is 0 Å². The van der Waals surface area contributed by atoms with E-state index in [4.69, 9.17) is 29.8 Å². The molecule has 0 radical (unpaired) electrons. The number of aliphatic hydroxyl groups excluding tert-OH is 1. The minimum Gasteiger partial charge on any atom is -0.493 e. The number of rotatable bonds is 20. The molecule has 5 heterocycles. The van der Waals surface area contributed by atoms with Crippen molar-refractivity contribution < 1.29 is 56.9 Å². The first kappa shape index (κ1) is 52.6. The summed E-state index contributed by atoms with van der Waals surface area (Å²) in [6.07, 6.45) is 3.87. The van der Waals surface area contributed by atoms with Gasteiger partial charge in [-0.1, -0.05) is 19.1 Å². The molecule has 3 aromatic heterocycles. The number of nitrogens with zero attached hydrogens (tertiary/aromatic N) is 10. The number of benzene rings is 3. The second kappa shape index (κ2) is 23.0. The van der Waals surface area contributed by atoms with E-state index in [2.05, 4.69) is 25.0 Å². The van der Waals surface area contributed by atoms with Crippen LogP contribution in [0.5, 0.6) is 5.75 Å². The molecule has 2 aliphatic rings. The van der Waals surface area contributed by atoms with Gasteiger partial charge in [-0.2, -0.15) is 9.67 Å². The molecule has 2 saturated heterocycles. The van der Waals surface area contributed by atoms with Crippen LogP contribution in [-0.4, -0.2) is 116 Å². The molecule has 0 aliphatic carbocycles. The van der Waals surface area contributed by atoms with E-state index in [0.717, 1.165) is 48.5 Å². The number of aromatic nitrogens is 7. The first-order valence-corrected chi connectivity index (χ1v) is 24.2. The third kappa shape index (κ3) is 12.0. The summed E-state index contributed by atoms with van der Waals surface area (Å²) >= 11 is 0. The van der Waals surface area contributed by atoms with Crippen molar-refractivity contribution in [2.75, 3.05) is 61.1 Å². The molecule has 0 bridgehead atoms. The molecule has 21 nitrogen and oxygen atoms in total. The minimum atomic E-state index is -1.43. The molecule has 6 aromatic rings. The highest BCUT2D eigenvalue weighted by atomic mass is 19.1. The van der Waals surface area contributed by atoms with Gasteiger partial charge in [0.05, 0.1) is 37.5 Å². The van der Waals surface area contributed by atoms with Gasteiger partial charge in [-0.25, -0.2) is 32.6 Å². The molecular weight excluding hydrogens is 965 g/mol. The van der Waals surface area contributed by atoms with E-state index in [1.807, 2.05) is 55.5 Å². The van der Waals surface area contributed by atoms with Gasteiger partial charge < -0.3 is 44.7 Å².